The number of benzene rings is 1. The van der Waals surface area contributed by atoms with Gasteiger partial charge in [0.2, 0.25) is 5.91 Å². The molecule has 3 heteroatoms. The molecule has 2 rings (SSSR count). The molecule has 1 aliphatic rings. The molecule has 0 unspecified atom stereocenters. The minimum absolute atomic E-state index is 0.163. The maximum atomic E-state index is 11.7. The Kier molecular flexibility index (Phi) is 3.57. The van der Waals surface area contributed by atoms with Crippen LogP contribution in [0, 0.1) is 0 Å². The van der Waals surface area contributed by atoms with Gasteiger partial charge >= 0.3 is 0 Å². The quantitative estimate of drug-likeness (QED) is 0.810. The first-order valence-corrected chi connectivity index (χ1v) is 5.77. The van der Waals surface area contributed by atoms with Crippen LogP contribution in [0.15, 0.2) is 30.3 Å². The molecule has 86 valence electrons. The third-order valence-corrected chi connectivity index (χ3v) is 2.81. The van der Waals surface area contributed by atoms with Crippen molar-refractivity contribution in [3.8, 4) is 0 Å². The number of carbonyl (C=O) groups is 1. The maximum Gasteiger partial charge on any atom is 0.236 e. The first-order chi connectivity index (χ1) is 7.75. The van der Waals surface area contributed by atoms with Crippen molar-refractivity contribution in [3.05, 3.63) is 35.9 Å². The van der Waals surface area contributed by atoms with E-state index in [9.17, 15) is 4.79 Å². The third kappa shape index (κ3) is 3.35. The molecule has 0 aromatic heterocycles. The first-order valence-electron chi connectivity index (χ1n) is 5.77. The van der Waals surface area contributed by atoms with Gasteiger partial charge in [-0.3, -0.25) is 4.79 Å². The van der Waals surface area contributed by atoms with Gasteiger partial charge in [-0.25, -0.2) is 0 Å². The van der Waals surface area contributed by atoms with E-state index in [4.69, 9.17) is 0 Å². The van der Waals surface area contributed by atoms with Crippen LogP contribution in [-0.2, 0) is 11.3 Å². The van der Waals surface area contributed by atoms with Gasteiger partial charge in [0.15, 0.2) is 0 Å². The number of rotatable bonds is 5. The molecular formula is C13H18N2O. The second-order valence-corrected chi connectivity index (χ2v) is 4.39. The van der Waals surface area contributed by atoms with Crippen LogP contribution in [-0.4, -0.2) is 30.4 Å². The molecule has 0 heterocycles. The minimum Gasteiger partial charge on any atom is -0.340 e. The standard InChI is InChI=1S/C13H18N2O/c1-15(10-11-5-3-2-4-6-11)13(16)9-14-12-7-8-12/h2-6,12,14H,7-10H2,1H3. The summed E-state index contributed by atoms with van der Waals surface area (Å²) in [5.41, 5.74) is 1.17. The molecule has 1 aromatic rings. The van der Waals surface area contributed by atoms with E-state index >= 15 is 0 Å². The fourth-order valence-electron chi connectivity index (χ4n) is 1.60. The Balaban J connectivity index is 1.77. The van der Waals surface area contributed by atoms with E-state index in [0.717, 1.165) is 0 Å². The van der Waals surface area contributed by atoms with Crippen LogP contribution in [0.4, 0.5) is 0 Å². The van der Waals surface area contributed by atoms with Gasteiger partial charge in [-0.1, -0.05) is 30.3 Å². The van der Waals surface area contributed by atoms with E-state index in [1.165, 1.54) is 18.4 Å². The summed E-state index contributed by atoms with van der Waals surface area (Å²) < 4.78 is 0. The molecule has 1 saturated carbocycles. The predicted octanol–water partition coefficient (Wildman–Crippen LogP) is 1.40. The van der Waals surface area contributed by atoms with Gasteiger partial charge in [-0.2, -0.15) is 0 Å². The Morgan fingerprint density at radius 2 is 2.06 bits per heavy atom. The van der Waals surface area contributed by atoms with E-state index < -0.39 is 0 Å². The van der Waals surface area contributed by atoms with Crippen molar-refractivity contribution in [2.24, 2.45) is 0 Å². The van der Waals surface area contributed by atoms with Crippen molar-refractivity contribution in [2.45, 2.75) is 25.4 Å². The lowest BCUT2D eigenvalue weighted by Gasteiger charge is -2.17. The van der Waals surface area contributed by atoms with E-state index in [1.54, 1.807) is 4.90 Å². The molecule has 3 nitrogen and oxygen atoms in total. The molecule has 16 heavy (non-hydrogen) atoms. The van der Waals surface area contributed by atoms with E-state index in [0.29, 0.717) is 19.1 Å². The third-order valence-electron chi connectivity index (χ3n) is 2.81. The summed E-state index contributed by atoms with van der Waals surface area (Å²) in [4.78, 5) is 13.5. The summed E-state index contributed by atoms with van der Waals surface area (Å²) in [6.07, 6.45) is 2.44. The summed E-state index contributed by atoms with van der Waals surface area (Å²) in [7, 11) is 1.85. The topological polar surface area (TPSA) is 32.3 Å². The zero-order chi connectivity index (χ0) is 11.4. The highest BCUT2D eigenvalue weighted by molar-refractivity contribution is 5.78. The monoisotopic (exact) mass is 218 g/mol. The van der Waals surface area contributed by atoms with Crippen LogP contribution >= 0.6 is 0 Å². The average molecular weight is 218 g/mol. The molecule has 0 radical (unpaired) electrons. The normalized spacial score (nSPS) is 14.8. The van der Waals surface area contributed by atoms with Gasteiger partial charge in [0.1, 0.15) is 0 Å². The SMILES string of the molecule is CN(Cc1ccccc1)C(=O)CNC1CC1. The highest BCUT2D eigenvalue weighted by atomic mass is 16.2. The van der Waals surface area contributed by atoms with E-state index in [-0.39, 0.29) is 5.91 Å². The lowest BCUT2D eigenvalue weighted by Crippen LogP contribution is -2.35. The van der Waals surface area contributed by atoms with Crippen LogP contribution in [0.5, 0.6) is 0 Å². The second kappa shape index (κ2) is 5.12. The van der Waals surface area contributed by atoms with Crippen molar-refractivity contribution < 1.29 is 4.79 Å². The summed E-state index contributed by atoms with van der Waals surface area (Å²) in [6, 6.07) is 10.6. The second-order valence-electron chi connectivity index (χ2n) is 4.39. The zero-order valence-corrected chi connectivity index (χ0v) is 9.65. The van der Waals surface area contributed by atoms with Crippen molar-refractivity contribution >= 4 is 5.91 Å². The van der Waals surface area contributed by atoms with Crippen LogP contribution in [0.3, 0.4) is 0 Å². The summed E-state index contributed by atoms with van der Waals surface area (Å²) in [6.45, 7) is 1.15. The lowest BCUT2D eigenvalue weighted by molar-refractivity contribution is -0.129. The van der Waals surface area contributed by atoms with Crippen molar-refractivity contribution in [3.63, 3.8) is 0 Å². The number of carbonyl (C=O) groups excluding carboxylic acids is 1. The molecule has 0 aliphatic heterocycles. The van der Waals surface area contributed by atoms with E-state index in [2.05, 4.69) is 5.32 Å². The number of nitrogens with one attached hydrogen (secondary N) is 1. The Bertz CT molecular complexity index is 346. The van der Waals surface area contributed by atoms with Gasteiger partial charge in [0.05, 0.1) is 6.54 Å². The predicted molar refractivity (Wildman–Crippen MR) is 63.9 cm³/mol. The van der Waals surface area contributed by atoms with Gasteiger partial charge in [0, 0.05) is 19.6 Å². The number of nitrogens with zero attached hydrogens (tertiary/aromatic N) is 1. The number of likely N-dealkylation sites (N-methyl/N-ethyl adjacent to an activating group) is 1. The van der Waals surface area contributed by atoms with Crippen LogP contribution in [0.1, 0.15) is 18.4 Å². The summed E-state index contributed by atoms with van der Waals surface area (Å²) in [5.74, 6) is 0.163. The number of amides is 1. The van der Waals surface area contributed by atoms with E-state index in [1.807, 2.05) is 37.4 Å². The molecule has 0 atom stereocenters. The Morgan fingerprint density at radius 3 is 2.69 bits per heavy atom. The maximum absolute atomic E-state index is 11.7. The summed E-state index contributed by atoms with van der Waals surface area (Å²) in [5, 5.41) is 3.23. The van der Waals surface area contributed by atoms with Crippen LogP contribution < -0.4 is 5.32 Å². The van der Waals surface area contributed by atoms with Crippen molar-refractivity contribution in [1.82, 2.24) is 10.2 Å². The lowest BCUT2D eigenvalue weighted by atomic mass is 10.2. The minimum atomic E-state index is 0.163. The Labute approximate surface area is 96.5 Å². The van der Waals surface area contributed by atoms with Crippen LogP contribution in [0.2, 0.25) is 0 Å². The summed E-state index contributed by atoms with van der Waals surface area (Å²) >= 11 is 0. The van der Waals surface area contributed by atoms with Gasteiger partial charge < -0.3 is 10.2 Å². The zero-order valence-electron chi connectivity index (χ0n) is 9.65. The molecular weight excluding hydrogens is 200 g/mol. The molecule has 0 spiro atoms. The highest BCUT2D eigenvalue weighted by Gasteiger charge is 2.21. The molecule has 1 fully saturated rings. The molecule has 1 N–H and O–H groups in total. The van der Waals surface area contributed by atoms with Crippen LogP contribution in [0.25, 0.3) is 0 Å². The Hall–Kier alpha value is -1.35. The molecule has 1 aromatic carbocycles. The fourth-order valence-corrected chi connectivity index (χ4v) is 1.60. The average Bonchev–Trinajstić information content (AvgIpc) is 3.11. The van der Waals surface area contributed by atoms with Crippen molar-refractivity contribution in [2.75, 3.05) is 13.6 Å². The van der Waals surface area contributed by atoms with Gasteiger partial charge in [-0.05, 0) is 18.4 Å². The Morgan fingerprint density at radius 1 is 1.38 bits per heavy atom. The molecule has 0 saturated heterocycles. The molecule has 1 aliphatic carbocycles. The number of hydrogen-bond donors (Lipinski definition) is 1. The van der Waals surface area contributed by atoms with Gasteiger partial charge in [0.25, 0.3) is 0 Å². The van der Waals surface area contributed by atoms with Gasteiger partial charge in [-0.15, -0.1) is 0 Å². The van der Waals surface area contributed by atoms with Crippen molar-refractivity contribution in [1.29, 1.82) is 0 Å². The first kappa shape index (κ1) is 11.1. The smallest absolute Gasteiger partial charge is 0.236 e. The largest absolute Gasteiger partial charge is 0.340 e. The highest BCUT2D eigenvalue weighted by Crippen LogP contribution is 2.18. The molecule has 0 bridgehead atoms. The molecule has 1 amide bonds. The fraction of sp³-hybridized carbons (Fsp3) is 0.462. The number of hydrogen-bond acceptors (Lipinski definition) is 2.